The minimum atomic E-state index is -5.41. The van der Waals surface area contributed by atoms with Crippen LogP contribution in [0.5, 0.6) is 0 Å². The standard InChI is InChI=1S/C12H13F3N2O2S/c1-8-9-6-4-5-7-10(9)16(2)11(8)17(3)20(18,19)12(13,14)15/h4-7H,1-3H3. The van der Waals surface area contributed by atoms with Crippen LogP contribution in [0.15, 0.2) is 24.3 Å². The Morgan fingerprint density at radius 2 is 1.75 bits per heavy atom. The van der Waals surface area contributed by atoms with Crippen LogP contribution in [-0.2, 0) is 17.1 Å². The minimum absolute atomic E-state index is 0.00326. The molecule has 0 unspecified atom stereocenters. The lowest BCUT2D eigenvalue weighted by Gasteiger charge is -2.22. The summed E-state index contributed by atoms with van der Waals surface area (Å²) in [5.74, 6) is 0.00326. The average Bonchev–Trinajstić information content (AvgIpc) is 2.60. The molecule has 0 atom stereocenters. The van der Waals surface area contributed by atoms with E-state index in [0.717, 1.165) is 7.05 Å². The number of rotatable bonds is 2. The maximum absolute atomic E-state index is 12.6. The lowest BCUT2D eigenvalue weighted by molar-refractivity contribution is -0.0437. The number of benzene rings is 1. The second kappa shape index (κ2) is 4.41. The van der Waals surface area contributed by atoms with E-state index < -0.39 is 15.5 Å². The monoisotopic (exact) mass is 306 g/mol. The van der Waals surface area contributed by atoms with Crippen molar-refractivity contribution < 1.29 is 21.6 Å². The molecule has 110 valence electrons. The third kappa shape index (κ3) is 1.94. The number of para-hydroxylation sites is 1. The van der Waals surface area contributed by atoms with Crippen molar-refractivity contribution in [1.82, 2.24) is 4.57 Å². The number of alkyl halides is 3. The van der Waals surface area contributed by atoms with Gasteiger partial charge in [-0.3, -0.25) is 4.31 Å². The quantitative estimate of drug-likeness (QED) is 0.856. The summed E-state index contributed by atoms with van der Waals surface area (Å²) >= 11 is 0. The fourth-order valence-electron chi connectivity index (χ4n) is 2.29. The van der Waals surface area contributed by atoms with Crippen molar-refractivity contribution in [3.8, 4) is 0 Å². The van der Waals surface area contributed by atoms with Gasteiger partial charge in [-0.25, -0.2) is 0 Å². The van der Waals surface area contributed by atoms with Crippen molar-refractivity contribution in [3.05, 3.63) is 29.8 Å². The number of anilines is 1. The average molecular weight is 306 g/mol. The molecule has 0 bridgehead atoms. The van der Waals surface area contributed by atoms with Crippen molar-refractivity contribution in [2.24, 2.45) is 7.05 Å². The molecule has 0 aliphatic heterocycles. The van der Waals surface area contributed by atoms with E-state index in [1.165, 1.54) is 11.6 Å². The molecule has 1 heterocycles. The first-order valence-corrected chi connectivity index (χ1v) is 7.12. The number of hydrogen-bond donors (Lipinski definition) is 0. The number of aryl methyl sites for hydroxylation is 2. The van der Waals surface area contributed by atoms with Crippen LogP contribution in [0, 0.1) is 6.92 Å². The second-order valence-corrected chi connectivity index (χ2v) is 6.40. The molecule has 2 aromatic rings. The van der Waals surface area contributed by atoms with Gasteiger partial charge in [0.1, 0.15) is 5.82 Å². The fourth-order valence-corrected chi connectivity index (χ4v) is 3.08. The number of nitrogens with zero attached hydrogens (tertiary/aromatic N) is 2. The molecular weight excluding hydrogens is 293 g/mol. The van der Waals surface area contributed by atoms with Crippen molar-refractivity contribution in [2.45, 2.75) is 12.4 Å². The van der Waals surface area contributed by atoms with Crippen LogP contribution in [0.2, 0.25) is 0 Å². The molecule has 8 heteroatoms. The van der Waals surface area contributed by atoms with Gasteiger partial charge in [0.15, 0.2) is 0 Å². The Balaban J connectivity index is 2.71. The van der Waals surface area contributed by atoms with Crippen LogP contribution < -0.4 is 4.31 Å². The van der Waals surface area contributed by atoms with Gasteiger partial charge < -0.3 is 4.57 Å². The summed E-state index contributed by atoms with van der Waals surface area (Å²) in [4.78, 5) is 0. The molecule has 0 aliphatic carbocycles. The van der Waals surface area contributed by atoms with Crippen LogP contribution in [-0.4, -0.2) is 25.5 Å². The summed E-state index contributed by atoms with van der Waals surface area (Å²) in [7, 11) is -2.97. The maximum Gasteiger partial charge on any atom is 0.516 e. The fraction of sp³-hybridized carbons (Fsp3) is 0.333. The van der Waals surface area contributed by atoms with E-state index in [-0.39, 0.29) is 10.1 Å². The second-order valence-electron chi connectivity index (χ2n) is 4.44. The maximum atomic E-state index is 12.6. The molecule has 1 aromatic carbocycles. The molecule has 0 spiro atoms. The number of fused-ring (bicyclic) bond motifs is 1. The number of halogens is 3. The van der Waals surface area contributed by atoms with Gasteiger partial charge in [-0.1, -0.05) is 18.2 Å². The molecule has 0 saturated heterocycles. The van der Waals surface area contributed by atoms with Gasteiger partial charge >= 0.3 is 15.5 Å². The Morgan fingerprint density at radius 1 is 1.20 bits per heavy atom. The van der Waals surface area contributed by atoms with E-state index in [0.29, 0.717) is 16.5 Å². The Labute approximate surface area is 114 Å². The summed E-state index contributed by atoms with van der Waals surface area (Å²) in [6, 6.07) is 6.95. The first kappa shape index (κ1) is 14.7. The first-order chi connectivity index (χ1) is 9.09. The summed E-state index contributed by atoms with van der Waals surface area (Å²) in [6.07, 6.45) is 0. The highest BCUT2D eigenvalue weighted by Crippen LogP contribution is 2.35. The largest absolute Gasteiger partial charge is 0.516 e. The highest BCUT2D eigenvalue weighted by molar-refractivity contribution is 7.93. The molecule has 1 aromatic heterocycles. The van der Waals surface area contributed by atoms with Gasteiger partial charge in [-0.15, -0.1) is 0 Å². The van der Waals surface area contributed by atoms with Gasteiger partial charge in [0.05, 0.1) is 0 Å². The zero-order valence-electron chi connectivity index (χ0n) is 11.1. The summed E-state index contributed by atoms with van der Waals surface area (Å²) in [5, 5.41) is 0.717. The zero-order chi connectivity index (χ0) is 15.3. The number of aromatic nitrogens is 1. The molecule has 0 amide bonds. The molecule has 2 rings (SSSR count). The molecule has 0 fully saturated rings. The van der Waals surface area contributed by atoms with Crippen LogP contribution in [0.1, 0.15) is 5.56 Å². The van der Waals surface area contributed by atoms with Gasteiger partial charge in [-0.05, 0) is 13.0 Å². The Kier molecular flexibility index (Phi) is 3.24. The van der Waals surface area contributed by atoms with E-state index >= 15 is 0 Å². The van der Waals surface area contributed by atoms with Gasteiger partial charge in [-0.2, -0.15) is 21.6 Å². The lowest BCUT2D eigenvalue weighted by atomic mass is 10.2. The van der Waals surface area contributed by atoms with Crippen LogP contribution in [0.25, 0.3) is 10.9 Å². The van der Waals surface area contributed by atoms with E-state index in [2.05, 4.69) is 0 Å². The van der Waals surface area contributed by atoms with Crippen molar-refractivity contribution in [1.29, 1.82) is 0 Å². The van der Waals surface area contributed by atoms with E-state index in [4.69, 9.17) is 0 Å². The third-order valence-electron chi connectivity index (χ3n) is 3.27. The summed E-state index contributed by atoms with van der Waals surface area (Å²) < 4.78 is 62.7. The predicted molar refractivity (Wildman–Crippen MR) is 71.0 cm³/mol. The van der Waals surface area contributed by atoms with Crippen LogP contribution in [0.3, 0.4) is 0 Å². The number of hydrogen-bond acceptors (Lipinski definition) is 2. The van der Waals surface area contributed by atoms with Crippen LogP contribution in [0.4, 0.5) is 19.0 Å². The molecule has 0 radical (unpaired) electrons. The molecule has 0 N–H and O–H groups in total. The van der Waals surface area contributed by atoms with Gasteiger partial charge in [0.2, 0.25) is 0 Å². The van der Waals surface area contributed by atoms with E-state index in [1.807, 2.05) is 0 Å². The molecule has 0 aliphatic rings. The zero-order valence-corrected chi connectivity index (χ0v) is 11.9. The minimum Gasteiger partial charge on any atom is -0.330 e. The summed E-state index contributed by atoms with van der Waals surface area (Å²) in [5.41, 5.74) is -4.17. The normalized spacial score (nSPS) is 12.9. The lowest BCUT2D eigenvalue weighted by Crippen LogP contribution is -2.39. The van der Waals surface area contributed by atoms with Gasteiger partial charge in [0.25, 0.3) is 0 Å². The van der Waals surface area contributed by atoms with E-state index in [1.54, 1.807) is 31.2 Å². The first-order valence-electron chi connectivity index (χ1n) is 5.68. The molecule has 0 saturated carbocycles. The van der Waals surface area contributed by atoms with Crippen molar-refractivity contribution >= 4 is 26.7 Å². The molecular formula is C12H13F3N2O2S. The predicted octanol–water partition coefficient (Wildman–Crippen LogP) is 2.77. The van der Waals surface area contributed by atoms with Crippen LogP contribution >= 0.6 is 0 Å². The highest BCUT2D eigenvalue weighted by atomic mass is 32.2. The van der Waals surface area contributed by atoms with Gasteiger partial charge in [0, 0.05) is 30.6 Å². The topological polar surface area (TPSA) is 42.3 Å². The van der Waals surface area contributed by atoms with E-state index in [9.17, 15) is 21.6 Å². The third-order valence-corrected chi connectivity index (χ3v) is 4.75. The van der Waals surface area contributed by atoms with Crippen molar-refractivity contribution in [3.63, 3.8) is 0 Å². The summed E-state index contributed by atoms with van der Waals surface area (Å²) in [6.45, 7) is 1.60. The molecule has 4 nitrogen and oxygen atoms in total. The Bertz CT molecular complexity index is 724. The number of sulfonamides is 1. The smallest absolute Gasteiger partial charge is 0.330 e. The Morgan fingerprint density at radius 3 is 2.25 bits per heavy atom. The Hall–Kier alpha value is -1.70. The van der Waals surface area contributed by atoms with Crippen molar-refractivity contribution in [2.75, 3.05) is 11.4 Å². The SMILES string of the molecule is Cc1c(N(C)S(=O)(=O)C(F)(F)F)n(C)c2ccccc12. The highest BCUT2D eigenvalue weighted by Gasteiger charge is 2.49. The molecule has 20 heavy (non-hydrogen) atoms.